The molecule has 3 N–H and O–H groups in total. The van der Waals surface area contributed by atoms with Crippen LogP contribution in [0.15, 0.2) is 24.3 Å². The molecule has 0 saturated heterocycles. The molecule has 0 fully saturated rings. The molecule has 1 unspecified atom stereocenters. The Bertz CT molecular complexity index is 1000. The summed E-state index contributed by atoms with van der Waals surface area (Å²) in [5.41, 5.74) is 12.3. The number of aryl methyl sites for hydroxylation is 3. The lowest BCUT2D eigenvalue weighted by Gasteiger charge is -2.20. The van der Waals surface area contributed by atoms with Gasteiger partial charge in [0.2, 0.25) is 0 Å². The minimum absolute atomic E-state index is 0.158. The highest BCUT2D eigenvalue weighted by Crippen LogP contribution is 2.36. The molecule has 5 heteroatoms. The maximum Gasteiger partial charge on any atom is 0.267 e. The Morgan fingerprint density at radius 3 is 2.77 bits per heavy atom. The number of benzene rings is 1. The monoisotopic (exact) mass is 365 g/mol. The van der Waals surface area contributed by atoms with E-state index >= 15 is 0 Å². The van der Waals surface area contributed by atoms with Gasteiger partial charge in [-0.25, -0.2) is 4.98 Å². The number of aromatic nitrogens is 1. The van der Waals surface area contributed by atoms with Gasteiger partial charge >= 0.3 is 0 Å². The number of nitrogens with two attached hydrogens (primary N) is 1. The minimum atomic E-state index is -0.158. The number of hydrogen-bond donors (Lipinski definition) is 2. The first-order valence-electron chi connectivity index (χ1n) is 9.02. The molecule has 0 radical (unpaired) electrons. The molecule has 2 heterocycles. The maximum atomic E-state index is 12.9. The standard InChI is InChI=1S/C21H23N3OS/c1-11-7-8-16-14(9-11)10-15-17(22)19(26-21(15)23-16)20(25)24-18-12(2)5-4-6-13(18)3/h4-6,10-11H,7-9,22H2,1-3H3,(H,24,25). The van der Waals surface area contributed by atoms with Gasteiger partial charge in [-0.2, -0.15) is 0 Å². The minimum Gasteiger partial charge on any atom is -0.397 e. The zero-order chi connectivity index (χ0) is 18.4. The van der Waals surface area contributed by atoms with Crippen LogP contribution in [0.5, 0.6) is 0 Å². The Morgan fingerprint density at radius 2 is 2.04 bits per heavy atom. The summed E-state index contributed by atoms with van der Waals surface area (Å²) in [7, 11) is 0. The molecule has 4 rings (SSSR count). The van der Waals surface area contributed by atoms with Crippen molar-refractivity contribution in [3.05, 3.63) is 51.5 Å². The molecule has 4 nitrogen and oxygen atoms in total. The van der Waals surface area contributed by atoms with Crippen molar-refractivity contribution in [2.45, 2.75) is 40.0 Å². The van der Waals surface area contributed by atoms with Gasteiger partial charge in [-0.05, 0) is 61.8 Å². The lowest BCUT2D eigenvalue weighted by atomic mass is 9.87. The van der Waals surface area contributed by atoms with E-state index in [9.17, 15) is 4.79 Å². The molecule has 1 aromatic carbocycles. The summed E-state index contributed by atoms with van der Waals surface area (Å²) in [4.78, 5) is 19.1. The second-order valence-corrected chi connectivity index (χ2v) is 8.36. The Balaban J connectivity index is 1.73. The van der Waals surface area contributed by atoms with E-state index in [0.717, 1.165) is 39.9 Å². The van der Waals surface area contributed by atoms with Crippen molar-refractivity contribution >= 4 is 38.8 Å². The molecule has 0 aliphatic heterocycles. The Morgan fingerprint density at radius 1 is 1.31 bits per heavy atom. The predicted octanol–water partition coefficient (Wildman–Crippen LogP) is 4.87. The van der Waals surface area contributed by atoms with Gasteiger partial charge in [-0.1, -0.05) is 25.1 Å². The molecule has 1 amide bonds. The predicted molar refractivity (Wildman–Crippen MR) is 109 cm³/mol. The summed E-state index contributed by atoms with van der Waals surface area (Å²) in [5.74, 6) is 0.516. The molecule has 1 aliphatic carbocycles. The molecule has 3 aromatic rings. The topological polar surface area (TPSA) is 68.0 Å². The summed E-state index contributed by atoms with van der Waals surface area (Å²) in [6.45, 7) is 6.26. The lowest BCUT2D eigenvalue weighted by Crippen LogP contribution is -2.14. The van der Waals surface area contributed by atoms with Gasteiger partial charge < -0.3 is 11.1 Å². The number of carbonyl (C=O) groups excluding carboxylic acids is 1. The third-order valence-electron chi connectivity index (χ3n) is 5.26. The number of para-hydroxylation sites is 1. The molecular weight excluding hydrogens is 342 g/mol. The number of hydrogen-bond acceptors (Lipinski definition) is 4. The van der Waals surface area contributed by atoms with Crippen molar-refractivity contribution in [2.24, 2.45) is 5.92 Å². The smallest absolute Gasteiger partial charge is 0.267 e. The number of fused-ring (bicyclic) bond motifs is 2. The first-order valence-corrected chi connectivity index (χ1v) is 9.84. The summed E-state index contributed by atoms with van der Waals surface area (Å²) < 4.78 is 0. The second kappa shape index (κ2) is 6.40. The molecule has 134 valence electrons. The molecule has 0 spiro atoms. The van der Waals surface area contributed by atoms with Gasteiger partial charge in [0.15, 0.2) is 0 Å². The van der Waals surface area contributed by atoms with Crippen LogP contribution < -0.4 is 11.1 Å². The lowest BCUT2D eigenvalue weighted by molar-refractivity contribution is 0.103. The normalized spacial score (nSPS) is 16.5. The van der Waals surface area contributed by atoms with Crippen LogP contribution in [0.25, 0.3) is 10.2 Å². The van der Waals surface area contributed by atoms with Crippen LogP contribution in [-0.4, -0.2) is 10.9 Å². The molecule has 26 heavy (non-hydrogen) atoms. The summed E-state index contributed by atoms with van der Waals surface area (Å²) in [5, 5.41) is 3.95. The van der Waals surface area contributed by atoms with E-state index in [1.165, 1.54) is 29.0 Å². The van der Waals surface area contributed by atoms with Gasteiger partial charge in [-0.3, -0.25) is 4.79 Å². The summed E-state index contributed by atoms with van der Waals surface area (Å²) in [6.07, 6.45) is 3.22. The average Bonchev–Trinajstić information content (AvgIpc) is 2.92. The number of pyridine rings is 1. The molecular formula is C21H23N3OS. The zero-order valence-corrected chi connectivity index (χ0v) is 16.2. The number of nitrogen functional groups attached to an aromatic ring is 1. The average molecular weight is 366 g/mol. The van der Waals surface area contributed by atoms with Gasteiger partial charge in [0.05, 0.1) is 5.69 Å². The van der Waals surface area contributed by atoms with Crippen molar-refractivity contribution in [3.8, 4) is 0 Å². The molecule has 0 bridgehead atoms. The molecule has 1 aliphatic rings. The van der Waals surface area contributed by atoms with Crippen LogP contribution >= 0.6 is 11.3 Å². The fourth-order valence-corrected chi connectivity index (χ4v) is 4.71. The Kier molecular flexibility index (Phi) is 4.19. The van der Waals surface area contributed by atoms with Crippen LogP contribution in [-0.2, 0) is 12.8 Å². The van der Waals surface area contributed by atoms with Crippen LogP contribution in [0.4, 0.5) is 11.4 Å². The number of nitrogens with zero attached hydrogens (tertiary/aromatic N) is 1. The first kappa shape index (κ1) is 17.0. The van der Waals surface area contributed by atoms with Crippen molar-refractivity contribution in [2.75, 3.05) is 11.1 Å². The summed E-state index contributed by atoms with van der Waals surface area (Å²) >= 11 is 1.39. The van der Waals surface area contributed by atoms with Crippen molar-refractivity contribution in [1.29, 1.82) is 0 Å². The van der Waals surface area contributed by atoms with Crippen LogP contribution in [0.3, 0.4) is 0 Å². The van der Waals surface area contributed by atoms with E-state index < -0.39 is 0 Å². The quantitative estimate of drug-likeness (QED) is 0.680. The maximum absolute atomic E-state index is 12.9. The number of carbonyl (C=O) groups is 1. The van der Waals surface area contributed by atoms with E-state index in [0.29, 0.717) is 16.5 Å². The van der Waals surface area contributed by atoms with Gasteiger partial charge in [0.25, 0.3) is 5.91 Å². The van der Waals surface area contributed by atoms with Gasteiger partial charge in [0.1, 0.15) is 9.71 Å². The fourth-order valence-electron chi connectivity index (χ4n) is 3.72. The van der Waals surface area contributed by atoms with Crippen LogP contribution in [0.2, 0.25) is 0 Å². The SMILES string of the molecule is Cc1cccc(C)c1NC(=O)c1sc2nc3c(cc2c1N)CC(C)CC3. The van der Waals surface area contributed by atoms with Crippen LogP contribution in [0, 0.1) is 19.8 Å². The van der Waals surface area contributed by atoms with E-state index in [1.807, 2.05) is 32.0 Å². The van der Waals surface area contributed by atoms with Gasteiger partial charge in [-0.15, -0.1) is 11.3 Å². The number of nitrogens with one attached hydrogen (secondary N) is 1. The number of amides is 1. The zero-order valence-electron chi connectivity index (χ0n) is 15.3. The van der Waals surface area contributed by atoms with E-state index in [-0.39, 0.29) is 5.91 Å². The fraction of sp³-hybridized carbons (Fsp3) is 0.333. The number of rotatable bonds is 2. The molecule has 0 saturated carbocycles. The van der Waals surface area contributed by atoms with Crippen molar-refractivity contribution in [1.82, 2.24) is 4.98 Å². The van der Waals surface area contributed by atoms with Crippen LogP contribution in [0.1, 0.15) is 45.4 Å². The first-order chi connectivity index (χ1) is 12.4. The highest BCUT2D eigenvalue weighted by Gasteiger charge is 2.22. The largest absolute Gasteiger partial charge is 0.397 e. The third-order valence-corrected chi connectivity index (χ3v) is 6.37. The highest BCUT2D eigenvalue weighted by atomic mass is 32.1. The number of thiophene rings is 1. The van der Waals surface area contributed by atoms with E-state index in [1.54, 1.807) is 0 Å². The highest BCUT2D eigenvalue weighted by molar-refractivity contribution is 7.21. The third kappa shape index (κ3) is 2.86. The van der Waals surface area contributed by atoms with Gasteiger partial charge in [0, 0.05) is 16.8 Å². The summed E-state index contributed by atoms with van der Waals surface area (Å²) in [6, 6.07) is 8.12. The Labute approximate surface area is 157 Å². The van der Waals surface area contributed by atoms with E-state index in [4.69, 9.17) is 10.7 Å². The Hall–Kier alpha value is -2.40. The second-order valence-electron chi connectivity index (χ2n) is 7.36. The molecule has 2 aromatic heterocycles. The van der Waals surface area contributed by atoms with E-state index in [2.05, 4.69) is 18.3 Å². The van der Waals surface area contributed by atoms with Crippen molar-refractivity contribution in [3.63, 3.8) is 0 Å². The number of anilines is 2. The van der Waals surface area contributed by atoms with Crippen molar-refractivity contribution < 1.29 is 4.79 Å². The molecule has 1 atom stereocenters.